The molecule has 1 aliphatic heterocycles. The Morgan fingerprint density at radius 2 is 2.24 bits per heavy atom. The van der Waals surface area contributed by atoms with Gasteiger partial charge in [-0.1, -0.05) is 0 Å². The first-order chi connectivity index (χ1) is 8.16. The minimum Gasteiger partial charge on any atom is -0.381 e. The quantitative estimate of drug-likeness (QED) is 0.858. The van der Waals surface area contributed by atoms with Crippen molar-refractivity contribution in [1.82, 2.24) is 4.90 Å². The molecule has 0 aliphatic carbocycles. The second-order valence-electron chi connectivity index (χ2n) is 4.29. The second-order valence-corrected chi connectivity index (χ2v) is 6.83. The molecule has 0 atom stereocenters. The molecule has 0 spiro atoms. The van der Waals surface area contributed by atoms with Gasteiger partial charge in [0.15, 0.2) is 0 Å². The van der Waals surface area contributed by atoms with Gasteiger partial charge in [-0.3, -0.25) is 4.79 Å². The van der Waals surface area contributed by atoms with Crippen LogP contribution in [0, 0.1) is 5.92 Å². The maximum absolute atomic E-state index is 12.2. The van der Waals surface area contributed by atoms with Gasteiger partial charge in [-0.25, -0.2) is 0 Å². The van der Waals surface area contributed by atoms with Gasteiger partial charge in [0.1, 0.15) is 0 Å². The van der Waals surface area contributed by atoms with Crippen molar-refractivity contribution >= 4 is 33.2 Å². The molecule has 1 amide bonds. The Kier molecular flexibility index (Phi) is 4.59. The van der Waals surface area contributed by atoms with E-state index in [1.165, 1.54) is 4.88 Å². The summed E-state index contributed by atoms with van der Waals surface area (Å²) >= 11 is 5.11. The number of halogens is 1. The molecule has 3 nitrogen and oxygen atoms in total. The van der Waals surface area contributed by atoms with Crippen LogP contribution in [0.2, 0.25) is 0 Å². The molecule has 1 aromatic rings. The van der Waals surface area contributed by atoms with Gasteiger partial charge >= 0.3 is 0 Å². The summed E-state index contributed by atoms with van der Waals surface area (Å²) < 4.78 is 6.39. The molecule has 1 aliphatic rings. The summed E-state index contributed by atoms with van der Waals surface area (Å²) in [6.07, 6.45) is 1.72. The van der Waals surface area contributed by atoms with Crippen molar-refractivity contribution in [3.63, 3.8) is 0 Å². The highest BCUT2D eigenvalue weighted by molar-refractivity contribution is 9.11. The van der Waals surface area contributed by atoms with Crippen LogP contribution in [0.5, 0.6) is 0 Å². The fraction of sp³-hybridized carbons (Fsp3) is 0.583. The van der Waals surface area contributed by atoms with Crippen LogP contribution in [-0.2, 0) is 16.1 Å². The van der Waals surface area contributed by atoms with Crippen molar-refractivity contribution in [3.05, 3.63) is 20.8 Å². The SMILES string of the molecule is CN(Cc1ccc(Br)s1)C(=O)C1CCOCC1. The lowest BCUT2D eigenvalue weighted by molar-refractivity contribution is -0.137. The van der Waals surface area contributed by atoms with Crippen molar-refractivity contribution in [2.75, 3.05) is 20.3 Å². The fourth-order valence-electron chi connectivity index (χ4n) is 2.00. The third-order valence-electron chi connectivity index (χ3n) is 2.97. The van der Waals surface area contributed by atoms with Crippen molar-refractivity contribution in [2.24, 2.45) is 5.92 Å². The number of hydrogen-bond donors (Lipinski definition) is 0. The number of amides is 1. The number of carbonyl (C=O) groups is 1. The van der Waals surface area contributed by atoms with Crippen LogP contribution in [0.1, 0.15) is 17.7 Å². The van der Waals surface area contributed by atoms with Gasteiger partial charge in [0.2, 0.25) is 5.91 Å². The number of ether oxygens (including phenoxy) is 1. The summed E-state index contributed by atoms with van der Waals surface area (Å²) in [5.41, 5.74) is 0. The first-order valence-corrected chi connectivity index (χ1v) is 7.34. The molecule has 0 saturated carbocycles. The third-order valence-corrected chi connectivity index (χ3v) is 4.58. The van der Waals surface area contributed by atoms with Crippen molar-refractivity contribution < 1.29 is 9.53 Å². The molecule has 1 aromatic heterocycles. The molecular formula is C12H16BrNO2S. The second kappa shape index (κ2) is 5.98. The lowest BCUT2D eigenvalue weighted by Crippen LogP contribution is -2.35. The van der Waals surface area contributed by atoms with Crippen LogP contribution in [0.3, 0.4) is 0 Å². The minimum absolute atomic E-state index is 0.150. The first kappa shape index (κ1) is 13.1. The van der Waals surface area contributed by atoms with Gasteiger partial charge in [0.05, 0.1) is 10.3 Å². The summed E-state index contributed by atoms with van der Waals surface area (Å²) in [5.74, 6) is 0.398. The Morgan fingerprint density at radius 1 is 1.53 bits per heavy atom. The predicted octanol–water partition coefficient (Wildman–Crippen LogP) is 2.90. The molecule has 0 unspecified atom stereocenters. The van der Waals surface area contributed by atoms with Crippen LogP contribution in [0.4, 0.5) is 0 Å². The van der Waals surface area contributed by atoms with Gasteiger partial charge < -0.3 is 9.64 Å². The Bertz CT molecular complexity index is 388. The number of thiophene rings is 1. The molecule has 0 aromatic carbocycles. The number of carbonyl (C=O) groups excluding carboxylic acids is 1. The smallest absolute Gasteiger partial charge is 0.225 e. The van der Waals surface area contributed by atoms with Crippen molar-refractivity contribution in [2.45, 2.75) is 19.4 Å². The zero-order valence-electron chi connectivity index (χ0n) is 9.82. The normalized spacial score (nSPS) is 17.1. The number of hydrogen-bond acceptors (Lipinski definition) is 3. The Balaban J connectivity index is 1.90. The Labute approximate surface area is 114 Å². The summed E-state index contributed by atoms with van der Waals surface area (Å²) in [7, 11) is 1.88. The molecule has 0 bridgehead atoms. The molecule has 1 fully saturated rings. The number of nitrogens with zero attached hydrogens (tertiary/aromatic N) is 1. The maximum Gasteiger partial charge on any atom is 0.225 e. The predicted molar refractivity (Wildman–Crippen MR) is 72.0 cm³/mol. The average Bonchev–Trinajstić information content (AvgIpc) is 2.75. The van der Waals surface area contributed by atoms with Crippen LogP contribution in [0.25, 0.3) is 0 Å². The van der Waals surface area contributed by atoms with Crippen LogP contribution in [0.15, 0.2) is 15.9 Å². The highest BCUT2D eigenvalue weighted by Gasteiger charge is 2.24. The molecule has 1 saturated heterocycles. The molecule has 0 N–H and O–H groups in total. The molecule has 17 heavy (non-hydrogen) atoms. The van der Waals surface area contributed by atoms with E-state index >= 15 is 0 Å². The molecule has 2 heterocycles. The van der Waals surface area contributed by atoms with E-state index < -0.39 is 0 Å². The van der Waals surface area contributed by atoms with Gasteiger partial charge in [-0.2, -0.15) is 0 Å². The van der Waals surface area contributed by atoms with Gasteiger partial charge in [0.25, 0.3) is 0 Å². The standard InChI is InChI=1S/C12H16BrNO2S/c1-14(8-10-2-3-11(13)17-10)12(15)9-4-6-16-7-5-9/h2-3,9H,4-8H2,1H3. The zero-order chi connectivity index (χ0) is 12.3. The zero-order valence-corrected chi connectivity index (χ0v) is 12.2. The lowest BCUT2D eigenvalue weighted by Gasteiger charge is -2.26. The topological polar surface area (TPSA) is 29.5 Å². The molecular weight excluding hydrogens is 302 g/mol. The Morgan fingerprint density at radius 3 is 2.82 bits per heavy atom. The van der Waals surface area contributed by atoms with E-state index in [1.54, 1.807) is 11.3 Å². The maximum atomic E-state index is 12.2. The summed E-state index contributed by atoms with van der Waals surface area (Å²) in [6.45, 7) is 2.13. The average molecular weight is 318 g/mol. The van der Waals surface area contributed by atoms with Crippen molar-refractivity contribution in [3.8, 4) is 0 Å². The third kappa shape index (κ3) is 3.53. The molecule has 2 rings (SSSR count). The van der Waals surface area contributed by atoms with E-state index in [1.807, 2.05) is 18.0 Å². The monoisotopic (exact) mass is 317 g/mol. The minimum atomic E-state index is 0.150. The Hall–Kier alpha value is -0.390. The van der Waals surface area contributed by atoms with E-state index in [2.05, 4.69) is 22.0 Å². The van der Waals surface area contributed by atoms with Crippen LogP contribution in [-0.4, -0.2) is 31.1 Å². The van der Waals surface area contributed by atoms with Crippen LogP contribution < -0.4 is 0 Å². The van der Waals surface area contributed by atoms with E-state index in [-0.39, 0.29) is 11.8 Å². The van der Waals surface area contributed by atoms with E-state index in [4.69, 9.17) is 4.74 Å². The fourth-order valence-corrected chi connectivity index (χ4v) is 3.54. The highest BCUT2D eigenvalue weighted by atomic mass is 79.9. The van der Waals surface area contributed by atoms with Gasteiger partial charge in [-0.15, -0.1) is 11.3 Å². The highest BCUT2D eigenvalue weighted by Crippen LogP contribution is 2.24. The lowest BCUT2D eigenvalue weighted by atomic mass is 9.99. The van der Waals surface area contributed by atoms with Gasteiger partial charge in [0, 0.05) is 31.1 Å². The summed E-state index contributed by atoms with van der Waals surface area (Å²) in [4.78, 5) is 15.2. The molecule has 94 valence electrons. The van der Waals surface area contributed by atoms with Crippen molar-refractivity contribution in [1.29, 1.82) is 0 Å². The first-order valence-electron chi connectivity index (χ1n) is 5.74. The van der Waals surface area contributed by atoms with Gasteiger partial charge in [-0.05, 0) is 40.9 Å². The van der Waals surface area contributed by atoms with E-state index in [0.29, 0.717) is 6.54 Å². The molecule has 0 radical (unpaired) electrons. The van der Waals surface area contributed by atoms with E-state index in [0.717, 1.165) is 29.8 Å². The van der Waals surface area contributed by atoms with Crippen LogP contribution >= 0.6 is 27.3 Å². The largest absolute Gasteiger partial charge is 0.381 e. The number of rotatable bonds is 3. The summed E-state index contributed by atoms with van der Waals surface area (Å²) in [6, 6.07) is 4.08. The summed E-state index contributed by atoms with van der Waals surface area (Å²) in [5, 5.41) is 0. The molecule has 5 heteroatoms. The van der Waals surface area contributed by atoms with E-state index in [9.17, 15) is 4.79 Å².